The highest BCUT2D eigenvalue weighted by Gasteiger charge is 2.20. The van der Waals surface area contributed by atoms with Crippen LogP contribution >= 0.6 is 0 Å². The molecule has 0 spiro atoms. The summed E-state index contributed by atoms with van der Waals surface area (Å²) in [6.07, 6.45) is 0. The molecule has 3 aromatic rings. The summed E-state index contributed by atoms with van der Waals surface area (Å²) in [6.45, 7) is 6.94. The van der Waals surface area contributed by atoms with E-state index in [1.165, 1.54) is 15.9 Å². The Hall–Kier alpha value is -2.36. The van der Waals surface area contributed by atoms with E-state index < -0.39 is 9.04 Å². The SMILES string of the molecule is CC(C)(C)c1ccc(O)c(CO[SiH](c2ccccc2)c2ccccc2)c1. The van der Waals surface area contributed by atoms with Crippen molar-refractivity contribution in [3.8, 4) is 5.75 Å². The summed E-state index contributed by atoms with van der Waals surface area (Å²) in [7, 11) is -1.81. The number of phenolic OH excluding ortho intramolecular Hbond substituents is 1. The van der Waals surface area contributed by atoms with Crippen LogP contribution in [0, 0.1) is 0 Å². The van der Waals surface area contributed by atoms with Gasteiger partial charge in [-0.1, -0.05) is 87.5 Å². The van der Waals surface area contributed by atoms with Gasteiger partial charge in [0.25, 0.3) is 0 Å². The lowest BCUT2D eigenvalue weighted by molar-refractivity contribution is 0.312. The average Bonchev–Trinajstić information content (AvgIpc) is 2.64. The highest BCUT2D eigenvalue weighted by Crippen LogP contribution is 2.27. The first-order valence-electron chi connectivity index (χ1n) is 8.99. The molecule has 0 aliphatic rings. The fourth-order valence-corrected chi connectivity index (χ4v) is 5.24. The van der Waals surface area contributed by atoms with Crippen molar-refractivity contribution in [2.45, 2.75) is 32.8 Å². The standard InChI is InChI=1S/C23H26O2Si/c1-23(2,3)19-14-15-22(24)18(16-19)17-25-26(20-10-6-4-7-11-20)21-12-8-5-9-13-21/h4-16,24,26H,17H2,1-3H3. The molecule has 3 heteroatoms. The Morgan fingerprint density at radius 3 is 1.85 bits per heavy atom. The summed E-state index contributed by atoms with van der Waals surface area (Å²) < 4.78 is 6.43. The lowest BCUT2D eigenvalue weighted by atomic mass is 9.86. The van der Waals surface area contributed by atoms with Gasteiger partial charge in [0.2, 0.25) is 9.04 Å². The zero-order valence-electron chi connectivity index (χ0n) is 15.6. The summed E-state index contributed by atoms with van der Waals surface area (Å²) >= 11 is 0. The molecule has 0 bridgehead atoms. The van der Waals surface area contributed by atoms with Crippen molar-refractivity contribution in [2.75, 3.05) is 0 Å². The van der Waals surface area contributed by atoms with Gasteiger partial charge in [-0.2, -0.15) is 0 Å². The molecule has 1 N–H and O–H groups in total. The zero-order valence-corrected chi connectivity index (χ0v) is 16.8. The van der Waals surface area contributed by atoms with Gasteiger partial charge in [0.15, 0.2) is 0 Å². The van der Waals surface area contributed by atoms with E-state index in [9.17, 15) is 5.11 Å². The molecule has 0 amide bonds. The van der Waals surface area contributed by atoms with Gasteiger partial charge >= 0.3 is 0 Å². The van der Waals surface area contributed by atoms with E-state index in [0.717, 1.165) is 5.56 Å². The molecular weight excluding hydrogens is 336 g/mol. The molecule has 0 aliphatic carbocycles. The zero-order chi connectivity index (χ0) is 18.6. The Bertz CT molecular complexity index is 800. The molecule has 0 unspecified atom stereocenters. The third kappa shape index (κ3) is 4.42. The van der Waals surface area contributed by atoms with Crippen molar-refractivity contribution in [3.05, 3.63) is 90.0 Å². The van der Waals surface area contributed by atoms with Crippen LogP contribution in [0.25, 0.3) is 0 Å². The molecule has 0 aliphatic heterocycles. The first-order chi connectivity index (χ1) is 12.4. The third-order valence-electron chi connectivity index (χ3n) is 4.56. The van der Waals surface area contributed by atoms with E-state index in [0.29, 0.717) is 12.4 Å². The molecule has 0 fully saturated rings. The molecule has 26 heavy (non-hydrogen) atoms. The largest absolute Gasteiger partial charge is 0.508 e. The Labute approximate surface area is 157 Å². The molecule has 3 rings (SSSR count). The molecule has 134 valence electrons. The van der Waals surface area contributed by atoms with Gasteiger partial charge in [-0.25, -0.2) is 0 Å². The molecular formula is C23H26O2Si. The van der Waals surface area contributed by atoms with Crippen LogP contribution in [0.15, 0.2) is 78.9 Å². The van der Waals surface area contributed by atoms with Gasteiger partial charge in [0, 0.05) is 5.56 Å². The van der Waals surface area contributed by atoms with Crippen molar-refractivity contribution < 1.29 is 9.53 Å². The topological polar surface area (TPSA) is 29.5 Å². The monoisotopic (exact) mass is 362 g/mol. The fourth-order valence-electron chi connectivity index (χ4n) is 2.98. The normalized spacial score (nSPS) is 11.7. The maximum absolute atomic E-state index is 10.3. The number of rotatable bonds is 5. The van der Waals surface area contributed by atoms with E-state index in [1.807, 2.05) is 18.2 Å². The number of hydrogen-bond donors (Lipinski definition) is 1. The Balaban J connectivity index is 1.87. The number of phenols is 1. The fraction of sp³-hybridized carbons (Fsp3) is 0.217. The van der Waals surface area contributed by atoms with Crippen LogP contribution in [0.1, 0.15) is 31.9 Å². The lowest BCUT2D eigenvalue weighted by Gasteiger charge is -2.22. The lowest BCUT2D eigenvalue weighted by Crippen LogP contribution is -2.44. The molecule has 0 aromatic heterocycles. The number of benzene rings is 3. The van der Waals surface area contributed by atoms with Gasteiger partial charge < -0.3 is 9.53 Å². The molecule has 0 atom stereocenters. The highest BCUT2D eigenvalue weighted by atomic mass is 28.3. The predicted molar refractivity (Wildman–Crippen MR) is 111 cm³/mol. The van der Waals surface area contributed by atoms with Crippen LogP contribution in [0.3, 0.4) is 0 Å². The van der Waals surface area contributed by atoms with Crippen LogP contribution in [0.4, 0.5) is 0 Å². The van der Waals surface area contributed by atoms with E-state index in [4.69, 9.17) is 4.43 Å². The van der Waals surface area contributed by atoms with Gasteiger partial charge in [-0.05, 0) is 33.5 Å². The van der Waals surface area contributed by atoms with Crippen LogP contribution in [0.2, 0.25) is 0 Å². The Morgan fingerprint density at radius 1 is 0.808 bits per heavy atom. The first-order valence-corrected chi connectivity index (χ1v) is 10.6. The minimum atomic E-state index is -1.81. The maximum Gasteiger partial charge on any atom is 0.240 e. The van der Waals surface area contributed by atoms with Gasteiger partial charge in [-0.15, -0.1) is 0 Å². The van der Waals surface area contributed by atoms with Crippen molar-refractivity contribution in [1.82, 2.24) is 0 Å². The van der Waals surface area contributed by atoms with Gasteiger partial charge in [-0.3, -0.25) is 0 Å². The van der Waals surface area contributed by atoms with E-state index in [1.54, 1.807) is 6.07 Å². The van der Waals surface area contributed by atoms with E-state index >= 15 is 0 Å². The third-order valence-corrected chi connectivity index (χ3v) is 7.04. The van der Waals surface area contributed by atoms with Gasteiger partial charge in [0.1, 0.15) is 5.75 Å². The van der Waals surface area contributed by atoms with Gasteiger partial charge in [0.05, 0.1) is 6.61 Å². The average molecular weight is 363 g/mol. The second kappa shape index (κ2) is 7.90. The molecule has 0 saturated heterocycles. The second-order valence-corrected chi connectivity index (χ2v) is 10.0. The maximum atomic E-state index is 10.3. The molecule has 0 heterocycles. The molecule has 3 aromatic carbocycles. The predicted octanol–water partition coefficient (Wildman–Crippen LogP) is 3.74. The van der Waals surface area contributed by atoms with Crippen molar-refractivity contribution >= 4 is 19.4 Å². The van der Waals surface area contributed by atoms with Crippen molar-refractivity contribution in [2.24, 2.45) is 0 Å². The minimum absolute atomic E-state index is 0.0398. The van der Waals surface area contributed by atoms with Crippen molar-refractivity contribution in [3.63, 3.8) is 0 Å². The smallest absolute Gasteiger partial charge is 0.240 e. The summed E-state index contributed by atoms with van der Waals surface area (Å²) in [5.41, 5.74) is 2.09. The van der Waals surface area contributed by atoms with Crippen LogP contribution < -0.4 is 10.4 Å². The molecule has 0 radical (unpaired) electrons. The molecule has 2 nitrogen and oxygen atoms in total. The Kier molecular flexibility index (Phi) is 5.60. The van der Waals surface area contributed by atoms with Crippen LogP contribution in [-0.2, 0) is 16.4 Å². The van der Waals surface area contributed by atoms with E-state index in [2.05, 4.69) is 75.4 Å². The van der Waals surface area contributed by atoms with E-state index in [-0.39, 0.29) is 5.41 Å². The summed E-state index contributed by atoms with van der Waals surface area (Å²) in [6, 6.07) is 26.6. The number of aromatic hydroxyl groups is 1. The van der Waals surface area contributed by atoms with Crippen LogP contribution in [0.5, 0.6) is 5.75 Å². The Morgan fingerprint density at radius 2 is 1.35 bits per heavy atom. The summed E-state index contributed by atoms with van der Waals surface area (Å²) in [5, 5.41) is 12.8. The minimum Gasteiger partial charge on any atom is -0.508 e. The summed E-state index contributed by atoms with van der Waals surface area (Å²) in [4.78, 5) is 0. The summed E-state index contributed by atoms with van der Waals surface area (Å²) in [5.74, 6) is 0.298. The quantitative estimate of drug-likeness (QED) is 0.701. The van der Waals surface area contributed by atoms with Crippen molar-refractivity contribution in [1.29, 1.82) is 0 Å². The van der Waals surface area contributed by atoms with Crippen LogP contribution in [-0.4, -0.2) is 14.1 Å². The first kappa shape index (κ1) is 18.4. The number of hydrogen-bond acceptors (Lipinski definition) is 2. The molecule has 0 saturated carbocycles. The second-order valence-electron chi connectivity index (χ2n) is 7.61. The highest BCUT2D eigenvalue weighted by molar-refractivity contribution is 6.80.